The Morgan fingerprint density at radius 3 is 2.56 bits per heavy atom. The molecule has 1 saturated heterocycles. The molecule has 6 rings (SSSR count). The topological polar surface area (TPSA) is 103 Å². The number of H-pyrrole nitrogens is 2. The van der Waals surface area contributed by atoms with Crippen molar-refractivity contribution in [3.63, 3.8) is 0 Å². The Kier molecular flexibility index (Phi) is 5.03. The number of rotatable bonds is 5. The summed E-state index contributed by atoms with van der Waals surface area (Å²) in [6.07, 6.45) is 4.64. The molecule has 3 aromatic heterocycles. The maximum Gasteiger partial charge on any atom is 0.270 e. The van der Waals surface area contributed by atoms with Crippen LogP contribution in [-0.2, 0) is 0 Å². The summed E-state index contributed by atoms with van der Waals surface area (Å²) < 4.78 is 28.3. The average Bonchev–Trinajstić information content (AvgIpc) is 3.54. The summed E-state index contributed by atoms with van der Waals surface area (Å²) in [7, 11) is 0. The number of aromatic nitrogens is 5. The molecular formula is C26H21F2N7O. The molecule has 36 heavy (non-hydrogen) atoms. The Balaban J connectivity index is 1.24. The molecule has 1 amide bonds. The number of nitrogens with one attached hydrogen (secondary N) is 3. The van der Waals surface area contributed by atoms with E-state index in [1.807, 2.05) is 36.4 Å². The van der Waals surface area contributed by atoms with E-state index in [0.29, 0.717) is 28.3 Å². The normalized spacial score (nSPS) is 14.6. The van der Waals surface area contributed by atoms with Gasteiger partial charge < -0.3 is 15.2 Å². The van der Waals surface area contributed by atoms with Gasteiger partial charge in [-0.3, -0.25) is 9.89 Å². The molecule has 180 valence electrons. The predicted octanol–water partition coefficient (Wildman–Crippen LogP) is 5.08. The van der Waals surface area contributed by atoms with Crippen LogP contribution in [0.1, 0.15) is 17.4 Å². The highest BCUT2D eigenvalue weighted by molar-refractivity contribution is 5.99. The van der Waals surface area contributed by atoms with Crippen molar-refractivity contribution in [2.45, 2.75) is 12.6 Å². The van der Waals surface area contributed by atoms with Crippen LogP contribution >= 0.6 is 0 Å². The van der Waals surface area contributed by atoms with Crippen LogP contribution in [0.4, 0.5) is 20.3 Å². The second-order valence-electron chi connectivity index (χ2n) is 9.14. The maximum absolute atomic E-state index is 14.5. The van der Waals surface area contributed by atoms with Crippen LogP contribution in [0.2, 0.25) is 0 Å². The Hall–Kier alpha value is -4.60. The highest BCUT2D eigenvalue weighted by Crippen LogP contribution is 2.29. The minimum Gasteiger partial charge on any atom is -0.351 e. The molecule has 2 aromatic carbocycles. The van der Waals surface area contributed by atoms with Crippen molar-refractivity contribution in [2.75, 3.05) is 18.4 Å². The highest BCUT2D eigenvalue weighted by Gasteiger charge is 2.42. The van der Waals surface area contributed by atoms with Gasteiger partial charge in [-0.25, -0.2) is 18.7 Å². The van der Waals surface area contributed by atoms with Crippen LogP contribution in [0, 0.1) is 5.82 Å². The van der Waals surface area contributed by atoms with Gasteiger partial charge in [-0.15, -0.1) is 0 Å². The van der Waals surface area contributed by atoms with Gasteiger partial charge in [0.1, 0.15) is 11.4 Å². The maximum atomic E-state index is 14.5. The van der Waals surface area contributed by atoms with E-state index in [2.05, 4.69) is 30.5 Å². The number of aromatic amines is 2. The van der Waals surface area contributed by atoms with Crippen molar-refractivity contribution in [2.24, 2.45) is 0 Å². The smallest absolute Gasteiger partial charge is 0.270 e. The number of anilines is 2. The van der Waals surface area contributed by atoms with Crippen LogP contribution in [-0.4, -0.2) is 54.7 Å². The summed E-state index contributed by atoms with van der Waals surface area (Å²) in [5.41, 5.74) is 3.01. The fraction of sp³-hybridized carbons (Fsp3) is 0.154. The second kappa shape index (κ2) is 8.26. The summed E-state index contributed by atoms with van der Waals surface area (Å²) in [6.45, 7) is 1.64. The summed E-state index contributed by atoms with van der Waals surface area (Å²) in [4.78, 5) is 25.7. The standard InChI is InChI=1S/C26H21F2N7O/c1-26(28)13-35(14-26)25(36)22-8-16-2-3-17(9-21(16)33-22)23-29-12-20(27)24(34-23)32-19-6-4-15(5-7-19)18-10-30-31-11-18/h2-12,33H,13-14H2,1H3,(H,30,31)(H,29,32,34). The van der Waals surface area contributed by atoms with Crippen molar-refractivity contribution in [3.8, 4) is 22.5 Å². The van der Waals surface area contributed by atoms with E-state index in [9.17, 15) is 13.6 Å². The molecule has 1 fully saturated rings. The van der Waals surface area contributed by atoms with E-state index in [-0.39, 0.29) is 24.8 Å². The molecule has 1 aliphatic heterocycles. The lowest BCUT2D eigenvalue weighted by atomic mass is 9.99. The number of benzene rings is 2. The molecule has 0 atom stereocenters. The molecule has 0 spiro atoms. The third-order valence-corrected chi connectivity index (χ3v) is 6.16. The van der Waals surface area contributed by atoms with Crippen molar-refractivity contribution < 1.29 is 13.6 Å². The lowest BCUT2D eigenvalue weighted by Crippen LogP contribution is -2.59. The molecule has 5 aromatic rings. The van der Waals surface area contributed by atoms with Gasteiger partial charge in [0.05, 0.1) is 25.5 Å². The number of amides is 1. The first-order chi connectivity index (χ1) is 17.3. The van der Waals surface area contributed by atoms with E-state index in [4.69, 9.17) is 0 Å². The van der Waals surface area contributed by atoms with E-state index in [0.717, 1.165) is 22.7 Å². The van der Waals surface area contributed by atoms with Gasteiger partial charge in [0.2, 0.25) is 0 Å². The molecule has 0 saturated carbocycles. The number of fused-ring (bicyclic) bond motifs is 1. The lowest BCUT2D eigenvalue weighted by Gasteiger charge is -2.41. The second-order valence-corrected chi connectivity index (χ2v) is 9.14. The quantitative estimate of drug-likeness (QED) is 0.322. The van der Waals surface area contributed by atoms with Gasteiger partial charge >= 0.3 is 0 Å². The zero-order chi connectivity index (χ0) is 24.9. The van der Waals surface area contributed by atoms with E-state index in [1.165, 1.54) is 11.8 Å². The SMILES string of the molecule is CC1(F)CN(C(=O)c2cc3ccc(-c4ncc(F)c(Nc5ccc(-c6cn[nH]c6)cc5)n4)cc3[nH]2)C1. The Morgan fingerprint density at radius 2 is 1.83 bits per heavy atom. The number of hydrogen-bond acceptors (Lipinski definition) is 5. The molecule has 0 radical (unpaired) electrons. The van der Waals surface area contributed by atoms with Crippen molar-refractivity contribution in [1.82, 2.24) is 30.0 Å². The fourth-order valence-corrected chi connectivity index (χ4v) is 4.33. The molecule has 10 heteroatoms. The number of carbonyl (C=O) groups excluding carboxylic acids is 1. The third kappa shape index (κ3) is 4.06. The number of hydrogen-bond donors (Lipinski definition) is 3. The Morgan fingerprint density at radius 1 is 1.06 bits per heavy atom. The van der Waals surface area contributed by atoms with Crippen molar-refractivity contribution in [1.29, 1.82) is 0 Å². The molecule has 1 aliphatic rings. The van der Waals surface area contributed by atoms with Gasteiger partial charge in [0, 0.05) is 33.9 Å². The first-order valence-electron chi connectivity index (χ1n) is 11.3. The number of nitrogens with zero attached hydrogens (tertiary/aromatic N) is 4. The zero-order valence-corrected chi connectivity index (χ0v) is 19.2. The first kappa shape index (κ1) is 21.9. The van der Waals surface area contributed by atoms with Crippen LogP contribution in [0.25, 0.3) is 33.4 Å². The number of carbonyl (C=O) groups is 1. The summed E-state index contributed by atoms with van der Waals surface area (Å²) >= 11 is 0. The summed E-state index contributed by atoms with van der Waals surface area (Å²) in [5, 5.41) is 10.5. The first-order valence-corrected chi connectivity index (χ1v) is 11.3. The van der Waals surface area contributed by atoms with Crippen molar-refractivity contribution in [3.05, 3.63) is 78.6 Å². The third-order valence-electron chi connectivity index (χ3n) is 6.16. The summed E-state index contributed by atoms with van der Waals surface area (Å²) in [6, 6.07) is 14.6. The van der Waals surface area contributed by atoms with E-state index >= 15 is 0 Å². The molecule has 0 aliphatic carbocycles. The van der Waals surface area contributed by atoms with Gasteiger partial charge in [-0.1, -0.05) is 24.3 Å². The minimum absolute atomic E-state index is 0.0468. The van der Waals surface area contributed by atoms with Gasteiger partial charge in [0.15, 0.2) is 17.5 Å². The molecule has 0 unspecified atom stereocenters. The van der Waals surface area contributed by atoms with Gasteiger partial charge in [-0.05, 0) is 36.8 Å². The zero-order valence-electron chi connectivity index (χ0n) is 19.2. The van der Waals surface area contributed by atoms with Gasteiger partial charge in [-0.2, -0.15) is 5.10 Å². The van der Waals surface area contributed by atoms with Crippen LogP contribution in [0.15, 0.2) is 67.1 Å². The predicted molar refractivity (Wildman–Crippen MR) is 132 cm³/mol. The average molecular weight is 485 g/mol. The van der Waals surface area contributed by atoms with E-state index in [1.54, 1.807) is 24.5 Å². The van der Waals surface area contributed by atoms with Gasteiger partial charge in [0.25, 0.3) is 5.91 Å². The van der Waals surface area contributed by atoms with Crippen molar-refractivity contribution >= 4 is 28.3 Å². The number of alkyl halides is 1. The molecule has 3 N–H and O–H groups in total. The molecule has 0 bridgehead atoms. The number of halogens is 2. The largest absolute Gasteiger partial charge is 0.351 e. The monoisotopic (exact) mass is 485 g/mol. The Labute approximate surface area is 204 Å². The fourth-order valence-electron chi connectivity index (χ4n) is 4.33. The minimum atomic E-state index is -1.33. The Bertz CT molecular complexity index is 1570. The molecule has 8 nitrogen and oxygen atoms in total. The van der Waals surface area contributed by atoms with Crippen LogP contribution in [0.3, 0.4) is 0 Å². The highest BCUT2D eigenvalue weighted by atomic mass is 19.1. The molecule has 4 heterocycles. The van der Waals surface area contributed by atoms with Crippen LogP contribution < -0.4 is 5.32 Å². The lowest BCUT2D eigenvalue weighted by molar-refractivity contribution is -0.00816. The molecular weight excluding hydrogens is 464 g/mol. The summed E-state index contributed by atoms with van der Waals surface area (Å²) in [5.74, 6) is -0.452. The van der Waals surface area contributed by atoms with E-state index < -0.39 is 11.5 Å². The van der Waals surface area contributed by atoms with Crippen LogP contribution in [0.5, 0.6) is 0 Å². The number of likely N-dealkylation sites (tertiary alicyclic amines) is 1.